The Morgan fingerprint density at radius 2 is 2.12 bits per heavy atom. The molecule has 0 heterocycles. The molecule has 0 saturated carbocycles. The lowest BCUT2D eigenvalue weighted by atomic mass is 10.1. The van der Waals surface area contributed by atoms with Gasteiger partial charge in [0, 0.05) is 12.2 Å². The summed E-state index contributed by atoms with van der Waals surface area (Å²) in [5.41, 5.74) is 3.30. The van der Waals surface area contributed by atoms with E-state index in [1.165, 1.54) is 5.56 Å². The Kier molecular flexibility index (Phi) is 4.31. The summed E-state index contributed by atoms with van der Waals surface area (Å²) in [6.45, 7) is 4.41. The molecule has 4 heteroatoms. The number of likely N-dealkylation sites (N-methyl/N-ethyl adjacent to an activating group) is 1. The number of carbonyl (C=O) groups is 1. The third kappa shape index (κ3) is 3.24. The molecular formula is C12H18N2O2. The van der Waals surface area contributed by atoms with E-state index in [2.05, 4.69) is 16.7 Å². The van der Waals surface area contributed by atoms with Crippen molar-refractivity contribution in [1.82, 2.24) is 5.32 Å². The van der Waals surface area contributed by atoms with Gasteiger partial charge in [-0.2, -0.15) is 0 Å². The molecule has 0 aromatic heterocycles. The first-order chi connectivity index (χ1) is 7.54. The largest absolute Gasteiger partial charge is 0.480 e. The summed E-state index contributed by atoms with van der Waals surface area (Å²) in [4.78, 5) is 10.8. The quantitative estimate of drug-likeness (QED) is 0.704. The molecule has 0 saturated heterocycles. The molecule has 0 radical (unpaired) electrons. The number of anilines is 1. The number of nitrogens with one attached hydrogen (secondary N) is 2. The van der Waals surface area contributed by atoms with Crippen molar-refractivity contribution >= 4 is 11.7 Å². The van der Waals surface area contributed by atoms with E-state index < -0.39 is 12.0 Å². The molecule has 0 spiro atoms. The maximum atomic E-state index is 10.8. The summed E-state index contributed by atoms with van der Waals surface area (Å²) < 4.78 is 0. The average Bonchev–Trinajstić information content (AvgIpc) is 2.21. The lowest BCUT2D eigenvalue weighted by Crippen LogP contribution is -2.39. The minimum atomic E-state index is -0.847. The van der Waals surface area contributed by atoms with E-state index in [9.17, 15) is 4.79 Å². The molecule has 0 aliphatic heterocycles. The number of aliphatic carboxylic acids is 1. The van der Waals surface area contributed by atoms with Crippen LogP contribution in [0.2, 0.25) is 0 Å². The zero-order valence-electron chi connectivity index (χ0n) is 9.87. The maximum absolute atomic E-state index is 10.8. The van der Waals surface area contributed by atoms with Crippen molar-refractivity contribution < 1.29 is 9.90 Å². The van der Waals surface area contributed by atoms with Crippen LogP contribution < -0.4 is 10.6 Å². The van der Waals surface area contributed by atoms with Crippen molar-refractivity contribution in [3.63, 3.8) is 0 Å². The second-order valence-corrected chi connectivity index (χ2v) is 3.88. The van der Waals surface area contributed by atoms with Crippen molar-refractivity contribution in [2.24, 2.45) is 0 Å². The van der Waals surface area contributed by atoms with Crippen LogP contribution in [0.5, 0.6) is 0 Å². The van der Waals surface area contributed by atoms with Gasteiger partial charge in [0.2, 0.25) is 0 Å². The summed E-state index contributed by atoms with van der Waals surface area (Å²) in [5.74, 6) is -0.847. The van der Waals surface area contributed by atoms with E-state index in [0.29, 0.717) is 6.54 Å². The molecule has 1 rings (SSSR count). The van der Waals surface area contributed by atoms with Gasteiger partial charge in [-0.25, -0.2) is 0 Å². The van der Waals surface area contributed by atoms with Gasteiger partial charge in [0.05, 0.1) is 0 Å². The van der Waals surface area contributed by atoms with E-state index in [1.807, 2.05) is 26.0 Å². The monoisotopic (exact) mass is 222 g/mol. The van der Waals surface area contributed by atoms with Gasteiger partial charge in [0.1, 0.15) is 6.04 Å². The van der Waals surface area contributed by atoms with Gasteiger partial charge in [-0.05, 0) is 32.5 Å². The number of rotatable bonds is 5. The highest BCUT2D eigenvalue weighted by molar-refractivity contribution is 5.74. The van der Waals surface area contributed by atoms with Gasteiger partial charge in [-0.3, -0.25) is 4.79 Å². The van der Waals surface area contributed by atoms with E-state index >= 15 is 0 Å². The molecule has 88 valence electrons. The molecule has 16 heavy (non-hydrogen) atoms. The number of carboxylic acids is 1. The Morgan fingerprint density at radius 3 is 2.62 bits per heavy atom. The first kappa shape index (κ1) is 12.5. The van der Waals surface area contributed by atoms with E-state index in [-0.39, 0.29) is 0 Å². The van der Waals surface area contributed by atoms with Gasteiger partial charge >= 0.3 is 5.97 Å². The molecule has 0 aliphatic carbocycles. The molecule has 3 N–H and O–H groups in total. The highest BCUT2D eigenvalue weighted by Gasteiger charge is 2.14. The van der Waals surface area contributed by atoms with Crippen molar-refractivity contribution in [3.05, 3.63) is 29.3 Å². The average molecular weight is 222 g/mol. The Balaban J connectivity index is 2.63. The number of carboxylic acid groups (broad SMARTS) is 1. The minimum absolute atomic E-state index is 0.371. The van der Waals surface area contributed by atoms with Crippen LogP contribution in [-0.2, 0) is 4.79 Å². The zero-order valence-corrected chi connectivity index (χ0v) is 9.87. The smallest absolute Gasteiger partial charge is 0.322 e. The third-order valence-corrected chi connectivity index (χ3v) is 2.53. The lowest BCUT2D eigenvalue weighted by molar-refractivity contribution is -0.138. The Morgan fingerprint density at radius 1 is 1.44 bits per heavy atom. The fourth-order valence-electron chi connectivity index (χ4n) is 1.54. The topological polar surface area (TPSA) is 61.4 Å². The molecule has 1 atom stereocenters. The van der Waals surface area contributed by atoms with Crippen LogP contribution >= 0.6 is 0 Å². The highest BCUT2D eigenvalue weighted by atomic mass is 16.4. The van der Waals surface area contributed by atoms with Gasteiger partial charge in [-0.15, -0.1) is 0 Å². The summed E-state index contributed by atoms with van der Waals surface area (Å²) in [7, 11) is 1.64. The molecule has 0 bridgehead atoms. The number of benzene rings is 1. The fraction of sp³-hybridized carbons (Fsp3) is 0.417. The summed E-state index contributed by atoms with van der Waals surface area (Å²) in [6, 6.07) is 5.47. The Labute approximate surface area is 95.7 Å². The lowest BCUT2D eigenvalue weighted by Gasteiger charge is -2.15. The number of hydrogen-bond acceptors (Lipinski definition) is 3. The SMILES string of the molecule is CNC(CNc1ccc(C)cc1C)C(=O)O. The molecule has 0 aliphatic rings. The van der Waals surface area contributed by atoms with Crippen molar-refractivity contribution in [2.45, 2.75) is 19.9 Å². The van der Waals surface area contributed by atoms with Crippen LogP contribution in [0, 0.1) is 13.8 Å². The predicted octanol–water partition coefficient (Wildman–Crippen LogP) is 1.39. The molecule has 1 aromatic carbocycles. The first-order valence-corrected chi connectivity index (χ1v) is 5.25. The van der Waals surface area contributed by atoms with Gasteiger partial charge in [0.25, 0.3) is 0 Å². The van der Waals surface area contributed by atoms with Crippen LogP contribution in [0.4, 0.5) is 5.69 Å². The molecular weight excluding hydrogens is 204 g/mol. The Hall–Kier alpha value is -1.55. The summed E-state index contributed by atoms with van der Waals surface area (Å²) in [6.07, 6.45) is 0. The molecule has 4 nitrogen and oxygen atoms in total. The first-order valence-electron chi connectivity index (χ1n) is 5.25. The van der Waals surface area contributed by atoms with E-state index in [0.717, 1.165) is 11.3 Å². The molecule has 1 aromatic rings. The zero-order chi connectivity index (χ0) is 12.1. The van der Waals surface area contributed by atoms with Crippen LogP contribution in [0.15, 0.2) is 18.2 Å². The Bertz CT molecular complexity index is 377. The van der Waals surface area contributed by atoms with Crippen LogP contribution in [-0.4, -0.2) is 30.7 Å². The van der Waals surface area contributed by atoms with Crippen LogP contribution in [0.25, 0.3) is 0 Å². The normalized spacial score (nSPS) is 12.2. The molecule has 0 fully saturated rings. The van der Waals surface area contributed by atoms with Gasteiger partial charge < -0.3 is 15.7 Å². The van der Waals surface area contributed by atoms with E-state index in [4.69, 9.17) is 5.11 Å². The summed E-state index contributed by atoms with van der Waals surface area (Å²) in [5, 5.41) is 14.7. The van der Waals surface area contributed by atoms with Crippen LogP contribution in [0.3, 0.4) is 0 Å². The van der Waals surface area contributed by atoms with Crippen molar-refractivity contribution in [2.75, 3.05) is 18.9 Å². The van der Waals surface area contributed by atoms with Gasteiger partial charge in [-0.1, -0.05) is 17.7 Å². The predicted molar refractivity (Wildman–Crippen MR) is 64.9 cm³/mol. The standard InChI is InChI=1S/C12H18N2O2/c1-8-4-5-10(9(2)6-8)14-7-11(13-3)12(15)16/h4-6,11,13-14H,7H2,1-3H3,(H,15,16). The minimum Gasteiger partial charge on any atom is -0.480 e. The van der Waals surface area contributed by atoms with Crippen molar-refractivity contribution in [3.8, 4) is 0 Å². The summed E-state index contributed by atoms with van der Waals surface area (Å²) >= 11 is 0. The second-order valence-electron chi connectivity index (χ2n) is 3.88. The number of hydrogen-bond donors (Lipinski definition) is 3. The molecule has 0 amide bonds. The highest BCUT2D eigenvalue weighted by Crippen LogP contribution is 2.15. The second kappa shape index (κ2) is 5.51. The maximum Gasteiger partial charge on any atom is 0.322 e. The number of aryl methyl sites for hydroxylation is 2. The van der Waals surface area contributed by atoms with Crippen LogP contribution in [0.1, 0.15) is 11.1 Å². The van der Waals surface area contributed by atoms with Gasteiger partial charge in [0.15, 0.2) is 0 Å². The van der Waals surface area contributed by atoms with E-state index in [1.54, 1.807) is 7.05 Å². The fourth-order valence-corrected chi connectivity index (χ4v) is 1.54. The third-order valence-electron chi connectivity index (χ3n) is 2.53. The molecule has 1 unspecified atom stereocenters. The van der Waals surface area contributed by atoms with Crippen molar-refractivity contribution in [1.29, 1.82) is 0 Å².